The van der Waals surface area contributed by atoms with Crippen molar-refractivity contribution in [2.75, 3.05) is 7.11 Å². The van der Waals surface area contributed by atoms with Crippen molar-refractivity contribution in [3.8, 4) is 0 Å². The number of hydrogen-bond acceptors (Lipinski definition) is 2. The smallest absolute Gasteiger partial charge is 0.305 e. The number of alkyl halides is 1. The molecule has 0 amide bonds. The van der Waals surface area contributed by atoms with Crippen LogP contribution in [0, 0.1) is 0 Å². The lowest BCUT2D eigenvalue weighted by molar-refractivity contribution is -0.140. The van der Waals surface area contributed by atoms with Gasteiger partial charge in [-0.2, -0.15) is 0 Å². The van der Waals surface area contributed by atoms with Crippen LogP contribution >= 0.6 is 11.6 Å². The standard InChI is InChI=1S/C19H37ClO2/c1-3-4-5-6-9-12-15-18(20)16-13-10-7-8-11-14-17-19(21)22-2/h18H,3-17H2,1-2H3. The molecule has 0 radical (unpaired) electrons. The van der Waals surface area contributed by atoms with Crippen LogP contribution in [0.1, 0.15) is 103 Å². The summed E-state index contributed by atoms with van der Waals surface area (Å²) in [7, 11) is 1.45. The van der Waals surface area contributed by atoms with Crippen LogP contribution < -0.4 is 0 Å². The minimum absolute atomic E-state index is 0.0836. The number of ether oxygens (including phenoxy) is 1. The molecule has 0 heterocycles. The van der Waals surface area contributed by atoms with E-state index in [4.69, 9.17) is 11.6 Å². The summed E-state index contributed by atoms with van der Waals surface area (Å²) in [5, 5.41) is 0.380. The quantitative estimate of drug-likeness (QED) is 0.180. The monoisotopic (exact) mass is 332 g/mol. The molecule has 0 fully saturated rings. The minimum Gasteiger partial charge on any atom is -0.469 e. The number of unbranched alkanes of at least 4 members (excludes halogenated alkanes) is 10. The highest BCUT2D eigenvalue weighted by molar-refractivity contribution is 6.20. The van der Waals surface area contributed by atoms with E-state index in [1.807, 2.05) is 0 Å². The summed E-state index contributed by atoms with van der Waals surface area (Å²) in [6.45, 7) is 2.26. The van der Waals surface area contributed by atoms with Crippen molar-refractivity contribution in [3.63, 3.8) is 0 Å². The molecule has 0 spiro atoms. The minimum atomic E-state index is -0.0836. The van der Waals surface area contributed by atoms with Gasteiger partial charge in [-0.05, 0) is 19.3 Å². The van der Waals surface area contributed by atoms with E-state index in [2.05, 4.69) is 11.7 Å². The highest BCUT2D eigenvalue weighted by Crippen LogP contribution is 2.18. The fourth-order valence-electron chi connectivity index (χ4n) is 2.73. The second kappa shape index (κ2) is 17.1. The lowest BCUT2D eigenvalue weighted by atomic mass is 10.0. The predicted octanol–water partition coefficient (Wildman–Crippen LogP) is 6.64. The van der Waals surface area contributed by atoms with Gasteiger partial charge in [-0.1, -0.05) is 77.6 Å². The van der Waals surface area contributed by atoms with Gasteiger partial charge in [-0.15, -0.1) is 11.6 Å². The zero-order chi connectivity index (χ0) is 16.5. The number of hydrogen-bond donors (Lipinski definition) is 0. The van der Waals surface area contributed by atoms with Crippen molar-refractivity contribution in [2.24, 2.45) is 0 Å². The summed E-state index contributed by atoms with van der Waals surface area (Å²) in [6, 6.07) is 0. The van der Waals surface area contributed by atoms with Crippen molar-refractivity contribution in [1.82, 2.24) is 0 Å². The summed E-state index contributed by atoms with van der Waals surface area (Å²) in [4.78, 5) is 10.9. The van der Waals surface area contributed by atoms with Gasteiger partial charge in [-0.3, -0.25) is 4.79 Å². The molecular weight excluding hydrogens is 296 g/mol. The molecule has 22 heavy (non-hydrogen) atoms. The maximum Gasteiger partial charge on any atom is 0.305 e. The van der Waals surface area contributed by atoms with E-state index < -0.39 is 0 Å². The van der Waals surface area contributed by atoms with E-state index >= 15 is 0 Å². The first-order valence-corrected chi connectivity index (χ1v) is 9.85. The summed E-state index contributed by atoms with van der Waals surface area (Å²) in [5.74, 6) is -0.0836. The van der Waals surface area contributed by atoms with Crippen molar-refractivity contribution in [2.45, 2.75) is 109 Å². The molecule has 0 saturated carbocycles. The van der Waals surface area contributed by atoms with E-state index in [1.54, 1.807) is 0 Å². The molecule has 0 N–H and O–H groups in total. The van der Waals surface area contributed by atoms with Gasteiger partial charge in [0.15, 0.2) is 0 Å². The first-order chi connectivity index (χ1) is 10.7. The highest BCUT2D eigenvalue weighted by Gasteiger charge is 2.04. The third-order valence-electron chi connectivity index (χ3n) is 4.25. The zero-order valence-corrected chi connectivity index (χ0v) is 15.6. The molecule has 0 saturated heterocycles. The molecule has 2 nitrogen and oxygen atoms in total. The van der Waals surface area contributed by atoms with Crippen LogP contribution in [0.4, 0.5) is 0 Å². The first kappa shape index (κ1) is 21.8. The molecule has 0 aromatic heterocycles. The molecule has 3 heteroatoms. The molecule has 0 aliphatic carbocycles. The SMILES string of the molecule is CCCCCCCCC(Cl)CCCCCCCCC(=O)OC. The Bertz CT molecular complexity index is 244. The lowest BCUT2D eigenvalue weighted by Gasteiger charge is -2.09. The van der Waals surface area contributed by atoms with Gasteiger partial charge in [0.2, 0.25) is 0 Å². The van der Waals surface area contributed by atoms with Crippen molar-refractivity contribution in [1.29, 1.82) is 0 Å². The fourth-order valence-corrected chi connectivity index (χ4v) is 3.04. The van der Waals surface area contributed by atoms with Crippen LogP contribution in [0.5, 0.6) is 0 Å². The van der Waals surface area contributed by atoms with Gasteiger partial charge < -0.3 is 4.74 Å². The number of carbonyl (C=O) groups is 1. The molecule has 0 aromatic rings. The third kappa shape index (κ3) is 16.1. The van der Waals surface area contributed by atoms with Gasteiger partial charge >= 0.3 is 5.97 Å². The Morgan fingerprint density at radius 3 is 1.77 bits per heavy atom. The first-order valence-electron chi connectivity index (χ1n) is 9.41. The van der Waals surface area contributed by atoms with E-state index in [1.165, 1.54) is 84.2 Å². The average molecular weight is 333 g/mol. The molecule has 0 bridgehead atoms. The normalized spacial score (nSPS) is 12.3. The van der Waals surface area contributed by atoms with Gasteiger partial charge in [-0.25, -0.2) is 0 Å². The number of esters is 1. The largest absolute Gasteiger partial charge is 0.469 e. The molecule has 1 atom stereocenters. The fraction of sp³-hybridized carbons (Fsp3) is 0.947. The van der Waals surface area contributed by atoms with Crippen LogP contribution in [0.25, 0.3) is 0 Å². The van der Waals surface area contributed by atoms with Gasteiger partial charge in [0.25, 0.3) is 0 Å². The summed E-state index contributed by atoms with van der Waals surface area (Å²) in [6.07, 6.45) is 18.1. The van der Waals surface area contributed by atoms with Gasteiger partial charge in [0.1, 0.15) is 0 Å². The molecule has 0 aliphatic rings. The maximum absolute atomic E-state index is 10.9. The Kier molecular flexibility index (Phi) is 16.9. The van der Waals surface area contributed by atoms with Gasteiger partial charge in [0, 0.05) is 11.8 Å². The Morgan fingerprint density at radius 2 is 1.27 bits per heavy atom. The second-order valence-electron chi connectivity index (χ2n) is 6.39. The van der Waals surface area contributed by atoms with E-state index in [0.29, 0.717) is 11.8 Å². The summed E-state index contributed by atoms with van der Waals surface area (Å²) in [5.41, 5.74) is 0. The molecule has 0 rings (SSSR count). The van der Waals surface area contributed by atoms with Crippen LogP contribution in [-0.4, -0.2) is 18.5 Å². The van der Waals surface area contributed by atoms with Crippen LogP contribution in [0.15, 0.2) is 0 Å². The molecule has 1 unspecified atom stereocenters. The Morgan fingerprint density at radius 1 is 0.818 bits per heavy atom. The highest BCUT2D eigenvalue weighted by atomic mass is 35.5. The average Bonchev–Trinajstić information content (AvgIpc) is 2.52. The molecular formula is C19H37ClO2. The van der Waals surface area contributed by atoms with E-state index in [0.717, 1.165) is 12.8 Å². The van der Waals surface area contributed by atoms with Crippen molar-refractivity contribution < 1.29 is 9.53 Å². The Hall–Kier alpha value is -0.240. The summed E-state index contributed by atoms with van der Waals surface area (Å²) < 4.78 is 4.63. The van der Waals surface area contributed by atoms with Gasteiger partial charge in [0.05, 0.1) is 7.11 Å². The molecule has 0 aliphatic heterocycles. The lowest BCUT2D eigenvalue weighted by Crippen LogP contribution is -1.99. The summed E-state index contributed by atoms with van der Waals surface area (Å²) >= 11 is 6.38. The zero-order valence-electron chi connectivity index (χ0n) is 14.9. The van der Waals surface area contributed by atoms with E-state index in [-0.39, 0.29) is 5.97 Å². The van der Waals surface area contributed by atoms with Crippen LogP contribution in [0.3, 0.4) is 0 Å². The number of halogens is 1. The van der Waals surface area contributed by atoms with Crippen molar-refractivity contribution >= 4 is 17.6 Å². The maximum atomic E-state index is 10.9. The number of carbonyl (C=O) groups excluding carboxylic acids is 1. The number of methoxy groups -OCH3 is 1. The van der Waals surface area contributed by atoms with Crippen molar-refractivity contribution in [3.05, 3.63) is 0 Å². The number of rotatable bonds is 16. The molecule has 132 valence electrons. The Labute approximate surface area is 143 Å². The topological polar surface area (TPSA) is 26.3 Å². The van der Waals surface area contributed by atoms with Crippen LogP contribution in [0.2, 0.25) is 0 Å². The third-order valence-corrected chi connectivity index (χ3v) is 4.68. The Balaban J connectivity index is 3.18. The van der Waals surface area contributed by atoms with Crippen LogP contribution in [-0.2, 0) is 9.53 Å². The van der Waals surface area contributed by atoms with E-state index in [9.17, 15) is 4.79 Å². The second-order valence-corrected chi connectivity index (χ2v) is 7.01. The predicted molar refractivity (Wildman–Crippen MR) is 96.6 cm³/mol. The molecule has 0 aromatic carbocycles.